The standard InChI is InChI=1S/C10H13N3O2/c1-2-7(9(11)14)13-10(15)8-5-3-4-6-12-8/h3-7H,2H2,1H3,(H2,11,14)(H,13,15)/t7-/m0/s1. The Morgan fingerprint density at radius 3 is 2.73 bits per heavy atom. The number of carbonyl (C=O) groups is 2. The summed E-state index contributed by atoms with van der Waals surface area (Å²) in [5, 5.41) is 2.51. The molecule has 5 nitrogen and oxygen atoms in total. The summed E-state index contributed by atoms with van der Waals surface area (Å²) >= 11 is 0. The average Bonchev–Trinajstić information content (AvgIpc) is 2.26. The minimum atomic E-state index is -0.639. The van der Waals surface area contributed by atoms with Crippen LogP contribution in [0.2, 0.25) is 0 Å². The fourth-order valence-corrected chi connectivity index (χ4v) is 1.10. The van der Waals surface area contributed by atoms with Gasteiger partial charge in [0.2, 0.25) is 5.91 Å². The number of aromatic nitrogens is 1. The van der Waals surface area contributed by atoms with E-state index < -0.39 is 11.9 Å². The number of nitrogens with one attached hydrogen (secondary N) is 1. The number of rotatable bonds is 4. The van der Waals surface area contributed by atoms with Gasteiger partial charge in [-0.3, -0.25) is 14.6 Å². The number of hydrogen-bond acceptors (Lipinski definition) is 3. The number of hydrogen-bond donors (Lipinski definition) is 2. The molecule has 0 saturated heterocycles. The Bertz CT molecular complexity index is 351. The lowest BCUT2D eigenvalue weighted by Gasteiger charge is -2.12. The van der Waals surface area contributed by atoms with Crippen molar-refractivity contribution < 1.29 is 9.59 Å². The molecule has 80 valence electrons. The SMILES string of the molecule is CC[C@H](NC(=O)c1ccccn1)C(N)=O. The fourth-order valence-electron chi connectivity index (χ4n) is 1.10. The largest absolute Gasteiger partial charge is 0.368 e. The van der Waals surface area contributed by atoms with Gasteiger partial charge in [-0.15, -0.1) is 0 Å². The maximum absolute atomic E-state index is 11.5. The summed E-state index contributed by atoms with van der Waals surface area (Å²) < 4.78 is 0. The van der Waals surface area contributed by atoms with Crippen molar-refractivity contribution in [3.8, 4) is 0 Å². The Morgan fingerprint density at radius 2 is 2.27 bits per heavy atom. The van der Waals surface area contributed by atoms with E-state index in [1.807, 2.05) is 0 Å². The molecule has 1 rings (SSSR count). The van der Waals surface area contributed by atoms with Crippen LogP contribution in [-0.2, 0) is 4.79 Å². The Morgan fingerprint density at radius 1 is 1.53 bits per heavy atom. The molecule has 1 aromatic heterocycles. The Labute approximate surface area is 87.7 Å². The second-order valence-electron chi connectivity index (χ2n) is 3.05. The van der Waals surface area contributed by atoms with Crippen molar-refractivity contribution in [1.82, 2.24) is 10.3 Å². The predicted molar refractivity (Wildman–Crippen MR) is 55.0 cm³/mol. The summed E-state index contributed by atoms with van der Waals surface area (Å²) in [6.07, 6.45) is 1.98. The van der Waals surface area contributed by atoms with E-state index in [-0.39, 0.29) is 11.6 Å². The third-order valence-corrected chi connectivity index (χ3v) is 1.95. The van der Waals surface area contributed by atoms with Crippen LogP contribution in [0, 0.1) is 0 Å². The molecular weight excluding hydrogens is 194 g/mol. The summed E-state index contributed by atoms with van der Waals surface area (Å²) in [5.74, 6) is -0.928. The lowest BCUT2D eigenvalue weighted by atomic mass is 10.2. The zero-order valence-corrected chi connectivity index (χ0v) is 8.43. The smallest absolute Gasteiger partial charge is 0.270 e. The van der Waals surface area contributed by atoms with Gasteiger partial charge in [0.05, 0.1) is 0 Å². The molecule has 1 atom stereocenters. The second kappa shape index (κ2) is 5.09. The highest BCUT2D eigenvalue weighted by Crippen LogP contribution is 1.96. The molecule has 1 aromatic rings. The minimum absolute atomic E-state index is 0.275. The highest BCUT2D eigenvalue weighted by molar-refractivity contribution is 5.95. The van der Waals surface area contributed by atoms with Gasteiger partial charge in [0.25, 0.3) is 5.91 Å². The summed E-state index contributed by atoms with van der Waals surface area (Å²) in [4.78, 5) is 26.3. The summed E-state index contributed by atoms with van der Waals surface area (Å²) in [5.41, 5.74) is 5.37. The van der Waals surface area contributed by atoms with E-state index in [2.05, 4.69) is 10.3 Å². The molecule has 2 amide bonds. The predicted octanol–water partition coefficient (Wildman–Crippen LogP) is 0.0753. The number of primary amides is 1. The van der Waals surface area contributed by atoms with Crippen molar-refractivity contribution in [2.75, 3.05) is 0 Å². The summed E-state index contributed by atoms with van der Waals surface area (Å²) in [6.45, 7) is 1.77. The molecule has 0 aliphatic rings. The monoisotopic (exact) mass is 207 g/mol. The number of amides is 2. The third kappa shape index (κ3) is 3.05. The average molecular weight is 207 g/mol. The first-order valence-corrected chi connectivity index (χ1v) is 4.66. The Hall–Kier alpha value is -1.91. The number of nitrogens with two attached hydrogens (primary N) is 1. The van der Waals surface area contributed by atoms with E-state index in [4.69, 9.17) is 5.73 Å². The highest BCUT2D eigenvalue weighted by atomic mass is 16.2. The van der Waals surface area contributed by atoms with Crippen LogP contribution in [0.3, 0.4) is 0 Å². The molecular formula is C10H13N3O2. The van der Waals surface area contributed by atoms with Crippen molar-refractivity contribution in [3.63, 3.8) is 0 Å². The molecule has 0 aliphatic heterocycles. The van der Waals surface area contributed by atoms with E-state index in [1.165, 1.54) is 6.20 Å². The fraction of sp³-hybridized carbons (Fsp3) is 0.300. The maximum atomic E-state index is 11.5. The van der Waals surface area contributed by atoms with E-state index in [0.29, 0.717) is 6.42 Å². The van der Waals surface area contributed by atoms with E-state index >= 15 is 0 Å². The summed E-state index contributed by atoms with van der Waals surface area (Å²) in [7, 11) is 0. The van der Waals surface area contributed by atoms with Crippen LogP contribution in [0.4, 0.5) is 0 Å². The maximum Gasteiger partial charge on any atom is 0.270 e. The molecule has 0 fully saturated rings. The molecule has 5 heteroatoms. The molecule has 0 unspecified atom stereocenters. The van der Waals surface area contributed by atoms with Gasteiger partial charge < -0.3 is 11.1 Å². The molecule has 0 radical (unpaired) electrons. The minimum Gasteiger partial charge on any atom is -0.368 e. The van der Waals surface area contributed by atoms with Crippen LogP contribution < -0.4 is 11.1 Å². The van der Waals surface area contributed by atoms with Gasteiger partial charge in [0, 0.05) is 6.20 Å². The van der Waals surface area contributed by atoms with Crippen molar-refractivity contribution in [3.05, 3.63) is 30.1 Å². The van der Waals surface area contributed by atoms with Gasteiger partial charge in [-0.1, -0.05) is 13.0 Å². The first-order chi connectivity index (χ1) is 7.15. The van der Waals surface area contributed by atoms with E-state index in [1.54, 1.807) is 25.1 Å². The van der Waals surface area contributed by atoms with Gasteiger partial charge in [0.1, 0.15) is 11.7 Å². The van der Waals surface area contributed by atoms with Crippen LogP contribution >= 0.6 is 0 Å². The third-order valence-electron chi connectivity index (χ3n) is 1.95. The van der Waals surface area contributed by atoms with Crippen LogP contribution in [0.15, 0.2) is 24.4 Å². The van der Waals surface area contributed by atoms with E-state index in [9.17, 15) is 9.59 Å². The molecule has 15 heavy (non-hydrogen) atoms. The zero-order chi connectivity index (χ0) is 11.3. The number of carbonyl (C=O) groups excluding carboxylic acids is 2. The molecule has 0 aliphatic carbocycles. The topological polar surface area (TPSA) is 85.1 Å². The van der Waals surface area contributed by atoms with Crippen molar-refractivity contribution >= 4 is 11.8 Å². The summed E-state index contributed by atoms with van der Waals surface area (Å²) in [6, 6.07) is 4.35. The first-order valence-electron chi connectivity index (χ1n) is 4.66. The lowest BCUT2D eigenvalue weighted by molar-refractivity contribution is -0.119. The van der Waals surface area contributed by atoms with Gasteiger partial charge in [-0.25, -0.2) is 0 Å². The molecule has 3 N–H and O–H groups in total. The molecule has 0 bridgehead atoms. The van der Waals surface area contributed by atoms with Crippen molar-refractivity contribution in [2.24, 2.45) is 5.73 Å². The van der Waals surface area contributed by atoms with Crippen molar-refractivity contribution in [1.29, 1.82) is 0 Å². The van der Waals surface area contributed by atoms with Crippen LogP contribution in [0.1, 0.15) is 23.8 Å². The van der Waals surface area contributed by atoms with Crippen LogP contribution in [0.5, 0.6) is 0 Å². The first kappa shape index (κ1) is 11.2. The molecule has 0 saturated carbocycles. The van der Waals surface area contributed by atoms with E-state index in [0.717, 1.165) is 0 Å². The highest BCUT2D eigenvalue weighted by Gasteiger charge is 2.16. The number of pyridine rings is 1. The molecule has 0 spiro atoms. The van der Waals surface area contributed by atoms with Gasteiger partial charge in [-0.05, 0) is 18.6 Å². The van der Waals surface area contributed by atoms with Gasteiger partial charge in [-0.2, -0.15) is 0 Å². The Balaban J connectivity index is 2.67. The van der Waals surface area contributed by atoms with Crippen LogP contribution in [0.25, 0.3) is 0 Å². The van der Waals surface area contributed by atoms with Gasteiger partial charge >= 0.3 is 0 Å². The molecule has 0 aromatic carbocycles. The van der Waals surface area contributed by atoms with Crippen LogP contribution in [-0.4, -0.2) is 22.8 Å². The van der Waals surface area contributed by atoms with Gasteiger partial charge in [0.15, 0.2) is 0 Å². The number of nitrogens with zero attached hydrogens (tertiary/aromatic N) is 1. The quantitative estimate of drug-likeness (QED) is 0.733. The normalized spacial score (nSPS) is 11.8. The zero-order valence-electron chi connectivity index (χ0n) is 8.43. The van der Waals surface area contributed by atoms with Crippen molar-refractivity contribution in [2.45, 2.75) is 19.4 Å². The molecule has 1 heterocycles. The lowest BCUT2D eigenvalue weighted by Crippen LogP contribution is -2.44. The Kier molecular flexibility index (Phi) is 3.79. The second-order valence-corrected chi connectivity index (χ2v) is 3.05.